The van der Waals surface area contributed by atoms with Crippen LogP contribution in [0, 0.1) is 10.1 Å². The second-order valence-corrected chi connectivity index (χ2v) is 4.55. The minimum absolute atomic E-state index is 0.0934. The third-order valence-electron chi connectivity index (χ3n) is 2.80. The molecule has 1 aromatic rings. The molecular weight excluding hydrogens is 250 g/mol. The number of non-ortho nitro benzene ring substituents is 1. The molecule has 0 aliphatic heterocycles. The first-order valence-corrected chi connectivity index (χ1v) is 5.53. The second kappa shape index (κ2) is 5.05. The Kier molecular flexibility index (Phi) is 3.89. The molecule has 0 atom stereocenters. The van der Waals surface area contributed by atoms with E-state index in [4.69, 9.17) is 5.73 Å². The van der Waals surface area contributed by atoms with Gasteiger partial charge >= 0.3 is 0 Å². The molecule has 1 aromatic carbocycles. The number of hydrogen-bond acceptors (Lipinski definition) is 4. The van der Waals surface area contributed by atoms with E-state index in [0.717, 1.165) is 0 Å². The van der Waals surface area contributed by atoms with Gasteiger partial charge in [0.1, 0.15) is 5.54 Å². The predicted octanol–water partition coefficient (Wildman–Crippen LogP) is 1.21. The van der Waals surface area contributed by atoms with Gasteiger partial charge in [0.2, 0.25) is 11.8 Å². The number of amides is 2. The van der Waals surface area contributed by atoms with Crippen molar-refractivity contribution in [2.75, 3.05) is 4.90 Å². The Balaban J connectivity index is 3.25. The van der Waals surface area contributed by atoms with Gasteiger partial charge in [-0.3, -0.25) is 24.6 Å². The molecule has 1 rings (SSSR count). The molecule has 0 bridgehead atoms. The van der Waals surface area contributed by atoms with Gasteiger partial charge < -0.3 is 5.73 Å². The first-order valence-electron chi connectivity index (χ1n) is 5.53. The number of carbonyl (C=O) groups is 2. The fourth-order valence-electron chi connectivity index (χ4n) is 1.73. The first kappa shape index (κ1) is 14.6. The molecule has 0 aromatic heterocycles. The largest absolute Gasteiger partial charge is 0.368 e. The lowest BCUT2D eigenvalue weighted by molar-refractivity contribution is -0.384. The molecule has 19 heavy (non-hydrogen) atoms. The maximum atomic E-state index is 11.7. The molecule has 7 heteroatoms. The van der Waals surface area contributed by atoms with Gasteiger partial charge in [0.15, 0.2) is 0 Å². The van der Waals surface area contributed by atoms with Gasteiger partial charge in [-0.2, -0.15) is 0 Å². The first-order chi connectivity index (χ1) is 8.67. The van der Waals surface area contributed by atoms with Crippen molar-refractivity contribution in [1.29, 1.82) is 0 Å². The lowest BCUT2D eigenvalue weighted by Gasteiger charge is -2.35. The molecule has 0 fully saturated rings. The lowest BCUT2D eigenvalue weighted by atomic mass is 10.0. The molecule has 0 unspecified atom stereocenters. The highest BCUT2D eigenvalue weighted by atomic mass is 16.6. The number of primary amides is 1. The number of hydrogen-bond donors (Lipinski definition) is 1. The Morgan fingerprint density at radius 2 is 1.74 bits per heavy atom. The van der Waals surface area contributed by atoms with Crippen LogP contribution in [-0.2, 0) is 9.59 Å². The van der Waals surface area contributed by atoms with E-state index < -0.39 is 16.4 Å². The van der Waals surface area contributed by atoms with Gasteiger partial charge in [-0.15, -0.1) is 0 Å². The molecule has 0 aliphatic carbocycles. The molecule has 0 heterocycles. The van der Waals surface area contributed by atoms with Crippen molar-refractivity contribution in [1.82, 2.24) is 0 Å². The SMILES string of the molecule is CC(=O)N(c1ccc([N+](=O)[O-])cc1)C(C)(C)C(N)=O. The molecule has 2 amide bonds. The third kappa shape index (κ3) is 2.87. The summed E-state index contributed by atoms with van der Waals surface area (Å²) in [5, 5.41) is 10.6. The topological polar surface area (TPSA) is 107 Å². The molecule has 2 N–H and O–H groups in total. The Morgan fingerprint density at radius 1 is 1.26 bits per heavy atom. The van der Waals surface area contributed by atoms with Crippen LogP contribution >= 0.6 is 0 Å². The van der Waals surface area contributed by atoms with Gasteiger partial charge in [0, 0.05) is 24.7 Å². The van der Waals surface area contributed by atoms with Crippen molar-refractivity contribution in [2.45, 2.75) is 26.3 Å². The van der Waals surface area contributed by atoms with Crippen LogP contribution in [0.3, 0.4) is 0 Å². The molecule has 0 radical (unpaired) electrons. The number of nitrogens with two attached hydrogens (primary N) is 1. The quantitative estimate of drug-likeness (QED) is 0.652. The number of carbonyl (C=O) groups excluding carboxylic acids is 2. The molecule has 0 saturated heterocycles. The zero-order valence-electron chi connectivity index (χ0n) is 10.9. The summed E-state index contributed by atoms with van der Waals surface area (Å²) in [7, 11) is 0. The van der Waals surface area contributed by atoms with Crippen molar-refractivity contribution in [3.63, 3.8) is 0 Å². The Labute approximate surface area is 110 Å². The number of benzene rings is 1. The summed E-state index contributed by atoms with van der Waals surface area (Å²) < 4.78 is 0. The average molecular weight is 265 g/mol. The van der Waals surface area contributed by atoms with Crippen molar-refractivity contribution in [3.8, 4) is 0 Å². The smallest absolute Gasteiger partial charge is 0.269 e. The van der Waals surface area contributed by atoms with E-state index in [1.807, 2.05) is 0 Å². The summed E-state index contributed by atoms with van der Waals surface area (Å²) >= 11 is 0. The van der Waals surface area contributed by atoms with Crippen LogP contribution in [0.15, 0.2) is 24.3 Å². The predicted molar refractivity (Wildman–Crippen MR) is 69.5 cm³/mol. The van der Waals surface area contributed by atoms with E-state index in [1.54, 1.807) is 0 Å². The standard InChI is InChI=1S/C12H15N3O4/c1-8(16)14(12(2,3)11(13)17)9-4-6-10(7-5-9)15(18)19/h4-7H,1-3H3,(H2,13,17). The minimum atomic E-state index is -1.22. The molecule has 0 saturated carbocycles. The molecule has 7 nitrogen and oxygen atoms in total. The van der Waals surface area contributed by atoms with Crippen LogP contribution in [0.4, 0.5) is 11.4 Å². The molecule has 0 aliphatic rings. The van der Waals surface area contributed by atoms with Crippen molar-refractivity contribution in [2.24, 2.45) is 5.73 Å². The van der Waals surface area contributed by atoms with Crippen molar-refractivity contribution >= 4 is 23.2 Å². The Hall–Kier alpha value is -2.44. The summed E-state index contributed by atoms with van der Waals surface area (Å²) in [6.07, 6.45) is 0. The van der Waals surface area contributed by atoms with Crippen LogP contribution in [-0.4, -0.2) is 22.3 Å². The highest BCUT2D eigenvalue weighted by Crippen LogP contribution is 2.26. The fourth-order valence-corrected chi connectivity index (χ4v) is 1.73. The highest BCUT2D eigenvalue weighted by Gasteiger charge is 2.35. The van der Waals surface area contributed by atoms with E-state index >= 15 is 0 Å². The Bertz CT molecular complexity index is 522. The number of rotatable bonds is 4. The summed E-state index contributed by atoms with van der Waals surface area (Å²) in [5.41, 5.74) is 4.35. The molecular formula is C12H15N3O4. The summed E-state index contributed by atoms with van der Waals surface area (Å²) in [6, 6.07) is 5.35. The van der Waals surface area contributed by atoms with Crippen molar-refractivity contribution < 1.29 is 14.5 Å². The van der Waals surface area contributed by atoms with Gasteiger partial charge in [0.05, 0.1) is 4.92 Å². The van der Waals surface area contributed by atoms with Crippen LogP contribution in [0.5, 0.6) is 0 Å². The van der Waals surface area contributed by atoms with Crippen molar-refractivity contribution in [3.05, 3.63) is 34.4 Å². The van der Waals surface area contributed by atoms with E-state index in [-0.39, 0.29) is 11.6 Å². The van der Waals surface area contributed by atoms with E-state index in [1.165, 1.54) is 49.9 Å². The van der Waals surface area contributed by atoms with E-state index in [9.17, 15) is 19.7 Å². The normalized spacial score (nSPS) is 10.9. The maximum absolute atomic E-state index is 11.7. The zero-order chi connectivity index (χ0) is 14.8. The fraction of sp³-hybridized carbons (Fsp3) is 0.333. The zero-order valence-corrected chi connectivity index (χ0v) is 10.9. The summed E-state index contributed by atoms with van der Waals surface area (Å²) in [6.45, 7) is 4.32. The lowest BCUT2D eigenvalue weighted by Crippen LogP contribution is -2.55. The van der Waals surface area contributed by atoms with Crippen LogP contribution < -0.4 is 10.6 Å². The number of anilines is 1. The number of nitro groups is 1. The van der Waals surface area contributed by atoms with Gasteiger partial charge in [-0.25, -0.2) is 0 Å². The molecule has 102 valence electrons. The van der Waals surface area contributed by atoms with Gasteiger partial charge in [-0.1, -0.05) is 0 Å². The Morgan fingerprint density at radius 3 is 2.05 bits per heavy atom. The van der Waals surface area contributed by atoms with E-state index in [0.29, 0.717) is 5.69 Å². The van der Waals surface area contributed by atoms with E-state index in [2.05, 4.69) is 0 Å². The third-order valence-corrected chi connectivity index (χ3v) is 2.80. The van der Waals surface area contributed by atoms with Crippen LogP contribution in [0.1, 0.15) is 20.8 Å². The summed E-state index contributed by atoms with van der Waals surface area (Å²) in [5.74, 6) is -1.04. The van der Waals surface area contributed by atoms with Crippen LogP contribution in [0.2, 0.25) is 0 Å². The molecule has 0 spiro atoms. The maximum Gasteiger partial charge on any atom is 0.269 e. The van der Waals surface area contributed by atoms with Gasteiger partial charge in [-0.05, 0) is 26.0 Å². The van der Waals surface area contributed by atoms with Crippen LogP contribution in [0.25, 0.3) is 0 Å². The highest BCUT2D eigenvalue weighted by molar-refractivity contribution is 6.01. The summed E-state index contributed by atoms with van der Waals surface area (Å²) in [4.78, 5) is 34.4. The number of nitrogens with zero attached hydrogens (tertiary/aromatic N) is 2. The monoisotopic (exact) mass is 265 g/mol. The number of nitro benzene ring substituents is 1. The average Bonchev–Trinajstić information content (AvgIpc) is 2.28. The van der Waals surface area contributed by atoms with Gasteiger partial charge in [0.25, 0.3) is 5.69 Å². The minimum Gasteiger partial charge on any atom is -0.368 e. The second-order valence-electron chi connectivity index (χ2n) is 4.55.